The number of aliphatic hydroxyl groups excluding tert-OH is 1. The van der Waals surface area contributed by atoms with E-state index < -0.39 is 0 Å². The Kier molecular flexibility index (Phi) is 2.32. The Morgan fingerprint density at radius 2 is 2.38 bits per heavy atom. The van der Waals surface area contributed by atoms with Gasteiger partial charge in [0.1, 0.15) is 0 Å². The summed E-state index contributed by atoms with van der Waals surface area (Å²) in [6, 6.07) is 5.83. The van der Waals surface area contributed by atoms with Crippen molar-refractivity contribution in [1.82, 2.24) is 4.98 Å². The highest BCUT2D eigenvalue weighted by Gasteiger charge is 2.38. The van der Waals surface area contributed by atoms with Crippen molar-refractivity contribution in [2.75, 3.05) is 0 Å². The van der Waals surface area contributed by atoms with Gasteiger partial charge in [-0.05, 0) is 30.4 Å². The van der Waals surface area contributed by atoms with Crippen molar-refractivity contribution in [3.05, 3.63) is 30.1 Å². The van der Waals surface area contributed by atoms with Crippen LogP contribution in [-0.2, 0) is 6.42 Å². The van der Waals surface area contributed by atoms with Gasteiger partial charge < -0.3 is 5.11 Å². The Hall–Kier alpha value is -0.890. The number of aromatic nitrogens is 1. The second kappa shape index (κ2) is 3.46. The van der Waals surface area contributed by atoms with Gasteiger partial charge in [0.2, 0.25) is 0 Å². The molecule has 13 heavy (non-hydrogen) atoms. The third-order valence-electron chi connectivity index (χ3n) is 2.81. The van der Waals surface area contributed by atoms with Crippen molar-refractivity contribution in [2.45, 2.75) is 25.9 Å². The molecule has 0 aromatic carbocycles. The van der Waals surface area contributed by atoms with Gasteiger partial charge in [0, 0.05) is 18.3 Å². The van der Waals surface area contributed by atoms with Crippen LogP contribution in [0.15, 0.2) is 24.4 Å². The Morgan fingerprint density at radius 3 is 2.92 bits per heavy atom. The summed E-state index contributed by atoms with van der Waals surface area (Å²) in [5.41, 5.74) is 0.995. The van der Waals surface area contributed by atoms with Crippen LogP contribution in [0.1, 0.15) is 19.0 Å². The molecule has 1 aromatic rings. The number of nitrogens with zero attached hydrogens (tertiary/aromatic N) is 1. The standard InChI is InChI=1S/C11H15NO/c1-8-6-10(8)11(13)7-9-4-2-3-5-12-9/h2-5,8,10-11,13H,6-7H2,1H3. The quantitative estimate of drug-likeness (QED) is 0.761. The van der Waals surface area contributed by atoms with Gasteiger partial charge in [-0.25, -0.2) is 0 Å². The topological polar surface area (TPSA) is 33.1 Å². The smallest absolute Gasteiger partial charge is 0.0626 e. The largest absolute Gasteiger partial charge is 0.392 e. The molecule has 0 bridgehead atoms. The van der Waals surface area contributed by atoms with Crippen molar-refractivity contribution in [2.24, 2.45) is 11.8 Å². The van der Waals surface area contributed by atoms with Crippen LogP contribution in [0.25, 0.3) is 0 Å². The molecule has 70 valence electrons. The molecule has 1 fully saturated rings. The first-order valence-electron chi connectivity index (χ1n) is 4.85. The zero-order valence-electron chi connectivity index (χ0n) is 7.85. The van der Waals surface area contributed by atoms with Crippen LogP contribution in [-0.4, -0.2) is 16.2 Å². The lowest BCUT2D eigenvalue weighted by Gasteiger charge is -2.08. The molecule has 0 spiro atoms. The van der Waals surface area contributed by atoms with Gasteiger partial charge in [0.05, 0.1) is 6.10 Å². The summed E-state index contributed by atoms with van der Waals surface area (Å²) in [5, 5.41) is 9.77. The lowest BCUT2D eigenvalue weighted by Crippen LogP contribution is -2.14. The fourth-order valence-electron chi connectivity index (χ4n) is 1.77. The van der Waals surface area contributed by atoms with Crippen LogP contribution in [0.4, 0.5) is 0 Å². The predicted octanol–water partition coefficient (Wildman–Crippen LogP) is 1.64. The maximum absolute atomic E-state index is 9.77. The molecule has 0 radical (unpaired) electrons. The van der Waals surface area contributed by atoms with Gasteiger partial charge in [-0.3, -0.25) is 4.98 Å². The number of rotatable bonds is 3. The van der Waals surface area contributed by atoms with Crippen LogP contribution >= 0.6 is 0 Å². The van der Waals surface area contributed by atoms with Crippen molar-refractivity contribution in [1.29, 1.82) is 0 Å². The molecule has 0 amide bonds. The maximum atomic E-state index is 9.77. The Labute approximate surface area is 78.6 Å². The van der Waals surface area contributed by atoms with E-state index in [4.69, 9.17) is 0 Å². The zero-order valence-corrected chi connectivity index (χ0v) is 7.85. The van der Waals surface area contributed by atoms with Crippen molar-refractivity contribution < 1.29 is 5.11 Å². The van der Waals surface area contributed by atoms with Crippen LogP contribution in [0.5, 0.6) is 0 Å². The third kappa shape index (κ3) is 2.07. The molecule has 1 aliphatic rings. The summed E-state index contributed by atoms with van der Waals surface area (Å²) in [7, 11) is 0. The minimum absolute atomic E-state index is 0.190. The molecule has 0 aliphatic heterocycles. The van der Waals surface area contributed by atoms with E-state index in [2.05, 4.69) is 11.9 Å². The molecule has 2 nitrogen and oxygen atoms in total. The van der Waals surface area contributed by atoms with E-state index in [1.54, 1.807) is 6.20 Å². The highest BCUT2D eigenvalue weighted by molar-refractivity contribution is 5.06. The average Bonchev–Trinajstić information content (AvgIpc) is 2.84. The molecule has 3 unspecified atom stereocenters. The van der Waals surface area contributed by atoms with E-state index in [0.29, 0.717) is 18.3 Å². The second-order valence-corrected chi connectivity index (χ2v) is 3.97. The number of aliphatic hydroxyl groups is 1. The molecule has 3 atom stereocenters. The molecule has 1 heterocycles. The van der Waals surface area contributed by atoms with Crippen molar-refractivity contribution in [3.63, 3.8) is 0 Å². The van der Waals surface area contributed by atoms with Gasteiger partial charge in [-0.1, -0.05) is 13.0 Å². The van der Waals surface area contributed by atoms with E-state index >= 15 is 0 Å². The summed E-state index contributed by atoms with van der Waals surface area (Å²) in [5.74, 6) is 1.22. The Balaban J connectivity index is 1.91. The fourth-order valence-corrected chi connectivity index (χ4v) is 1.77. The van der Waals surface area contributed by atoms with E-state index in [0.717, 1.165) is 5.69 Å². The summed E-state index contributed by atoms with van der Waals surface area (Å²) in [6.45, 7) is 2.19. The first-order chi connectivity index (χ1) is 6.27. The summed E-state index contributed by atoms with van der Waals surface area (Å²) >= 11 is 0. The zero-order chi connectivity index (χ0) is 9.26. The normalized spacial score (nSPS) is 28.5. The van der Waals surface area contributed by atoms with Gasteiger partial charge in [-0.2, -0.15) is 0 Å². The van der Waals surface area contributed by atoms with E-state index in [1.807, 2.05) is 18.2 Å². The predicted molar refractivity (Wildman–Crippen MR) is 51.2 cm³/mol. The van der Waals surface area contributed by atoms with Gasteiger partial charge in [0.15, 0.2) is 0 Å². The second-order valence-electron chi connectivity index (χ2n) is 3.97. The third-order valence-corrected chi connectivity index (χ3v) is 2.81. The molecule has 1 aromatic heterocycles. The van der Waals surface area contributed by atoms with Crippen molar-refractivity contribution in [3.8, 4) is 0 Å². The lowest BCUT2D eigenvalue weighted by atomic mass is 10.1. The Morgan fingerprint density at radius 1 is 1.62 bits per heavy atom. The molecule has 2 rings (SSSR count). The summed E-state index contributed by atoms with van der Waals surface area (Å²) in [6.07, 6.45) is 3.47. The molecule has 1 aliphatic carbocycles. The number of hydrogen-bond donors (Lipinski definition) is 1. The van der Waals surface area contributed by atoms with Gasteiger partial charge in [-0.15, -0.1) is 0 Å². The van der Waals surface area contributed by atoms with E-state index in [-0.39, 0.29) is 6.10 Å². The highest BCUT2D eigenvalue weighted by Crippen LogP contribution is 2.41. The minimum Gasteiger partial charge on any atom is -0.392 e. The fraction of sp³-hybridized carbons (Fsp3) is 0.545. The molecule has 1 saturated carbocycles. The molecule has 1 N–H and O–H groups in total. The van der Waals surface area contributed by atoms with E-state index in [1.165, 1.54) is 6.42 Å². The van der Waals surface area contributed by atoms with E-state index in [9.17, 15) is 5.11 Å². The molecule has 0 saturated heterocycles. The minimum atomic E-state index is -0.190. The number of pyridine rings is 1. The summed E-state index contributed by atoms with van der Waals surface area (Å²) in [4.78, 5) is 4.19. The SMILES string of the molecule is CC1CC1C(O)Cc1ccccn1. The van der Waals surface area contributed by atoms with Gasteiger partial charge >= 0.3 is 0 Å². The number of hydrogen-bond acceptors (Lipinski definition) is 2. The molecular weight excluding hydrogens is 162 g/mol. The molecule has 2 heteroatoms. The lowest BCUT2D eigenvalue weighted by molar-refractivity contribution is 0.145. The van der Waals surface area contributed by atoms with Crippen molar-refractivity contribution >= 4 is 0 Å². The Bertz CT molecular complexity index is 273. The van der Waals surface area contributed by atoms with Crippen LogP contribution in [0.3, 0.4) is 0 Å². The van der Waals surface area contributed by atoms with Crippen LogP contribution in [0.2, 0.25) is 0 Å². The molecular formula is C11H15NO. The van der Waals surface area contributed by atoms with Crippen LogP contribution in [0, 0.1) is 11.8 Å². The maximum Gasteiger partial charge on any atom is 0.0626 e. The average molecular weight is 177 g/mol. The first-order valence-corrected chi connectivity index (χ1v) is 4.85. The highest BCUT2D eigenvalue weighted by atomic mass is 16.3. The first kappa shape index (κ1) is 8.70. The monoisotopic (exact) mass is 177 g/mol. The summed E-state index contributed by atoms with van der Waals surface area (Å²) < 4.78 is 0. The van der Waals surface area contributed by atoms with Crippen LogP contribution < -0.4 is 0 Å². The van der Waals surface area contributed by atoms with Gasteiger partial charge in [0.25, 0.3) is 0 Å².